The van der Waals surface area contributed by atoms with Gasteiger partial charge in [0.25, 0.3) is 0 Å². The van der Waals surface area contributed by atoms with Gasteiger partial charge in [-0.3, -0.25) is 0 Å². The summed E-state index contributed by atoms with van der Waals surface area (Å²) in [4.78, 5) is 4.48. The Bertz CT molecular complexity index is 558. The predicted molar refractivity (Wildman–Crippen MR) is 72.7 cm³/mol. The number of halogens is 1. The van der Waals surface area contributed by atoms with Gasteiger partial charge in [-0.2, -0.15) is 0 Å². The molecule has 0 radical (unpaired) electrons. The minimum Gasteiger partial charge on any atom is -0.439 e. The van der Waals surface area contributed by atoms with Crippen molar-refractivity contribution in [2.24, 2.45) is 5.73 Å². The number of hydrogen-bond acceptors (Lipinski definition) is 3. The van der Waals surface area contributed by atoms with Crippen molar-refractivity contribution < 1.29 is 4.42 Å². The largest absolute Gasteiger partial charge is 0.439 e. The summed E-state index contributed by atoms with van der Waals surface area (Å²) in [7, 11) is 0. The van der Waals surface area contributed by atoms with Crippen molar-refractivity contribution in [2.75, 3.05) is 0 Å². The number of rotatable bonds is 2. The highest BCUT2D eigenvalue weighted by atomic mass is 35.5. The van der Waals surface area contributed by atoms with Crippen LogP contribution in [0.4, 0.5) is 0 Å². The summed E-state index contributed by atoms with van der Waals surface area (Å²) >= 11 is 6.08. The Hall–Kier alpha value is -1.06. The molecular formula is C14H17ClN2O. The Morgan fingerprint density at radius 1 is 1.28 bits per heavy atom. The smallest absolute Gasteiger partial charge is 0.197 e. The molecule has 0 atom stereocenters. The molecule has 4 heteroatoms. The molecule has 2 N–H and O–H groups in total. The zero-order valence-electron chi connectivity index (χ0n) is 10.3. The summed E-state index contributed by atoms with van der Waals surface area (Å²) in [6.07, 6.45) is 6.52. The van der Waals surface area contributed by atoms with Gasteiger partial charge in [0.1, 0.15) is 5.52 Å². The summed E-state index contributed by atoms with van der Waals surface area (Å²) in [5.41, 5.74) is 7.76. The van der Waals surface area contributed by atoms with E-state index in [0.717, 1.165) is 18.4 Å². The quantitative estimate of drug-likeness (QED) is 0.900. The number of nitrogens with zero attached hydrogens (tertiary/aromatic N) is 1. The van der Waals surface area contributed by atoms with Crippen LogP contribution in [0.5, 0.6) is 0 Å². The van der Waals surface area contributed by atoms with Gasteiger partial charge in [-0.15, -0.1) is 0 Å². The molecule has 0 saturated heterocycles. The molecule has 0 amide bonds. The lowest BCUT2D eigenvalue weighted by Gasteiger charge is -2.32. The average Bonchev–Trinajstić information content (AvgIpc) is 2.73. The topological polar surface area (TPSA) is 52.0 Å². The number of benzene rings is 1. The molecular weight excluding hydrogens is 248 g/mol. The molecule has 1 aromatic heterocycles. The molecule has 1 saturated carbocycles. The highest BCUT2D eigenvalue weighted by Gasteiger charge is 2.29. The van der Waals surface area contributed by atoms with Gasteiger partial charge in [0.05, 0.1) is 5.02 Å². The van der Waals surface area contributed by atoms with E-state index < -0.39 is 0 Å². The second-order valence-corrected chi connectivity index (χ2v) is 5.70. The van der Waals surface area contributed by atoms with Crippen molar-refractivity contribution in [2.45, 2.75) is 44.1 Å². The molecule has 0 bridgehead atoms. The van der Waals surface area contributed by atoms with Gasteiger partial charge in [-0.05, 0) is 25.0 Å². The van der Waals surface area contributed by atoms with Crippen LogP contribution in [0.2, 0.25) is 5.02 Å². The third kappa shape index (κ3) is 2.25. The summed E-state index contributed by atoms with van der Waals surface area (Å²) < 4.78 is 5.74. The van der Waals surface area contributed by atoms with Crippen LogP contribution in [0, 0.1) is 0 Å². The van der Waals surface area contributed by atoms with Crippen molar-refractivity contribution in [1.82, 2.24) is 4.98 Å². The van der Waals surface area contributed by atoms with E-state index in [1.54, 1.807) is 0 Å². The number of nitrogens with two attached hydrogens (primary N) is 1. The third-order valence-electron chi connectivity index (χ3n) is 3.76. The van der Waals surface area contributed by atoms with Crippen LogP contribution in [0.15, 0.2) is 22.6 Å². The van der Waals surface area contributed by atoms with E-state index in [2.05, 4.69) is 4.98 Å². The van der Waals surface area contributed by atoms with Crippen LogP contribution in [0.1, 0.15) is 38.0 Å². The van der Waals surface area contributed by atoms with Crippen LogP contribution in [-0.2, 0) is 6.42 Å². The zero-order valence-corrected chi connectivity index (χ0v) is 11.0. The standard InChI is InChI=1S/C14H17ClN2O/c15-10-5-4-6-11-13(10)18-12(17-11)9-14(16)7-2-1-3-8-14/h4-6H,1-3,7-9,16H2. The Morgan fingerprint density at radius 3 is 2.78 bits per heavy atom. The molecule has 96 valence electrons. The van der Waals surface area contributed by atoms with E-state index in [1.807, 2.05) is 18.2 Å². The maximum atomic E-state index is 6.42. The Balaban J connectivity index is 1.88. The molecule has 0 unspecified atom stereocenters. The Kier molecular flexibility index (Phi) is 3.04. The van der Waals surface area contributed by atoms with Crippen molar-refractivity contribution in [1.29, 1.82) is 0 Å². The van der Waals surface area contributed by atoms with Gasteiger partial charge >= 0.3 is 0 Å². The fraction of sp³-hybridized carbons (Fsp3) is 0.500. The fourth-order valence-electron chi connectivity index (χ4n) is 2.77. The van der Waals surface area contributed by atoms with Crippen molar-refractivity contribution in [3.63, 3.8) is 0 Å². The van der Waals surface area contributed by atoms with E-state index in [4.69, 9.17) is 21.8 Å². The highest BCUT2D eigenvalue weighted by molar-refractivity contribution is 6.34. The third-order valence-corrected chi connectivity index (χ3v) is 4.06. The van der Waals surface area contributed by atoms with Gasteiger partial charge in [0.2, 0.25) is 0 Å². The molecule has 1 aromatic carbocycles. The SMILES string of the molecule is NC1(Cc2nc3cccc(Cl)c3o2)CCCCC1. The molecule has 2 aromatic rings. The number of aromatic nitrogens is 1. The number of para-hydroxylation sites is 1. The van der Waals surface area contributed by atoms with Gasteiger partial charge in [0.15, 0.2) is 11.5 Å². The zero-order chi connectivity index (χ0) is 12.6. The van der Waals surface area contributed by atoms with Crippen molar-refractivity contribution in [3.05, 3.63) is 29.1 Å². The molecule has 0 spiro atoms. The molecule has 18 heavy (non-hydrogen) atoms. The first-order valence-corrected chi connectivity index (χ1v) is 6.87. The number of hydrogen-bond donors (Lipinski definition) is 1. The van der Waals surface area contributed by atoms with E-state index >= 15 is 0 Å². The van der Waals surface area contributed by atoms with Gasteiger partial charge < -0.3 is 10.2 Å². The Morgan fingerprint density at radius 2 is 2.06 bits per heavy atom. The minimum absolute atomic E-state index is 0.147. The number of fused-ring (bicyclic) bond motifs is 1. The van der Waals surface area contributed by atoms with Crippen LogP contribution in [0.3, 0.4) is 0 Å². The Labute approximate surface area is 111 Å². The van der Waals surface area contributed by atoms with E-state index in [9.17, 15) is 0 Å². The van der Waals surface area contributed by atoms with E-state index in [1.165, 1.54) is 19.3 Å². The van der Waals surface area contributed by atoms with Crippen LogP contribution in [0.25, 0.3) is 11.1 Å². The van der Waals surface area contributed by atoms with Gasteiger partial charge in [0, 0.05) is 12.0 Å². The molecule has 1 aliphatic rings. The van der Waals surface area contributed by atoms with Crippen molar-refractivity contribution >= 4 is 22.7 Å². The first kappa shape index (κ1) is 12.0. The molecule has 0 aliphatic heterocycles. The second kappa shape index (κ2) is 4.56. The van der Waals surface area contributed by atoms with E-state index in [-0.39, 0.29) is 5.54 Å². The first-order chi connectivity index (χ1) is 8.66. The maximum absolute atomic E-state index is 6.42. The summed E-state index contributed by atoms with van der Waals surface area (Å²) in [6.45, 7) is 0. The lowest BCUT2D eigenvalue weighted by molar-refractivity contribution is 0.276. The molecule has 1 heterocycles. The van der Waals surface area contributed by atoms with Crippen LogP contribution in [-0.4, -0.2) is 10.5 Å². The maximum Gasteiger partial charge on any atom is 0.197 e. The summed E-state index contributed by atoms with van der Waals surface area (Å²) in [6, 6.07) is 5.62. The molecule has 1 fully saturated rings. The lowest BCUT2D eigenvalue weighted by Crippen LogP contribution is -2.43. The monoisotopic (exact) mass is 264 g/mol. The minimum atomic E-state index is -0.147. The van der Waals surface area contributed by atoms with Crippen molar-refractivity contribution in [3.8, 4) is 0 Å². The summed E-state index contributed by atoms with van der Waals surface area (Å²) in [5.74, 6) is 0.711. The van der Waals surface area contributed by atoms with Gasteiger partial charge in [-0.25, -0.2) is 4.98 Å². The number of oxazole rings is 1. The normalized spacial score (nSPS) is 19.2. The molecule has 1 aliphatic carbocycles. The second-order valence-electron chi connectivity index (χ2n) is 5.30. The average molecular weight is 265 g/mol. The molecule has 3 nitrogen and oxygen atoms in total. The van der Waals surface area contributed by atoms with Crippen LogP contribution < -0.4 is 5.73 Å². The lowest BCUT2D eigenvalue weighted by atomic mass is 9.80. The fourth-order valence-corrected chi connectivity index (χ4v) is 2.98. The van der Waals surface area contributed by atoms with E-state index in [0.29, 0.717) is 22.9 Å². The highest BCUT2D eigenvalue weighted by Crippen LogP contribution is 2.31. The predicted octanol–water partition coefficient (Wildman–Crippen LogP) is 3.69. The summed E-state index contributed by atoms with van der Waals surface area (Å²) in [5, 5.41) is 0.612. The van der Waals surface area contributed by atoms with Gasteiger partial charge in [-0.1, -0.05) is 36.9 Å². The first-order valence-electron chi connectivity index (χ1n) is 6.49. The molecule has 3 rings (SSSR count). The van der Waals surface area contributed by atoms with Crippen LogP contribution >= 0.6 is 11.6 Å².